The van der Waals surface area contributed by atoms with E-state index in [1.807, 2.05) is 25.1 Å². The van der Waals surface area contributed by atoms with Crippen molar-refractivity contribution < 1.29 is 13.9 Å². The zero-order valence-corrected chi connectivity index (χ0v) is 18.0. The van der Waals surface area contributed by atoms with E-state index < -0.39 is 0 Å². The molecule has 5 heteroatoms. The summed E-state index contributed by atoms with van der Waals surface area (Å²) in [6.45, 7) is 4.47. The molecule has 0 unspecified atom stereocenters. The second-order valence-corrected chi connectivity index (χ2v) is 7.51. The minimum absolute atomic E-state index is 0.254. The number of ether oxygens (including phenoxy) is 2. The third-order valence-electron chi connectivity index (χ3n) is 4.47. The van der Waals surface area contributed by atoms with Crippen molar-refractivity contribution in [1.29, 1.82) is 0 Å². The van der Waals surface area contributed by atoms with Gasteiger partial charge in [0.2, 0.25) is 0 Å². The molecule has 0 saturated carbocycles. The zero-order chi connectivity index (χ0) is 20.5. The Morgan fingerprint density at radius 3 is 2.34 bits per heavy atom. The van der Waals surface area contributed by atoms with Gasteiger partial charge in [0.25, 0.3) is 0 Å². The Hall–Kier alpha value is -2.37. The van der Waals surface area contributed by atoms with Crippen LogP contribution in [0.5, 0.6) is 11.5 Å². The van der Waals surface area contributed by atoms with Crippen LogP contribution in [0.3, 0.4) is 0 Å². The Labute approximate surface area is 180 Å². The monoisotopic (exact) mass is 457 g/mol. The molecule has 0 aliphatic rings. The first kappa shape index (κ1) is 21.3. The Balaban J connectivity index is 1.61. The van der Waals surface area contributed by atoms with Gasteiger partial charge in [0.05, 0.1) is 6.61 Å². The molecule has 3 aromatic rings. The van der Waals surface area contributed by atoms with Crippen LogP contribution in [-0.2, 0) is 19.6 Å². The van der Waals surface area contributed by atoms with Gasteiger partial charge in [-0.2, -0.15) is 0 Å². The van der Waals surface area contributed by atoms with Crippen molar-refractivity contribution in [3.8, 4) is 11.5 Å². The highest BCUT2D eigenvalue weighted by molar-refractivity contribution is 9.10. The van der Waals surface area contributed by atoms with Crippen LogP contribution in [0.2, 0.25) is 0 Å². The second-order valence-electron chi connectivity index (χ2n) is 6.65. The smallest absolute Gasteiger partial charge is 0.162 e. The third kappa shape index (κ3) is 6.58. The van der Waals surface area contributed by atoms with Crippen LogP contribution in [0, 0.1) is 5.82 Å². The minimum atomic E-state index is -0.254. The van der Waals surface area contributed by atoms with Crippen LogP contribution in [0.15, 0.2) is 71.2 Å². The van der Waals surface area contributed by atoms with Crippen molar-refractivity contribution in [3.05, 3.63) is 93.7 Å². The van der Waals surface area contributed by atoms with Gasteiger partial charge in [-0.3, -0.25) is 0 Å². The van der Waals surface area contributed by atoms with Gasteiger partial charge in [0.15, 0.2) is 11.5 Å². The van der Waals surface area contributed by atoms with Crippen LogP contribution in [0.1, 0.15) is 23.6 Å². The molecule has 0 heterocycles. The lowest BCUT2D eigenvalue weighted by Crippen LogP contribution is -2.17. The Kier molecular flexibility index (Phi) is 8.08. The Morgan fingerprint density at radius 2 is 1.62 bits per heavy atom. The number of benzene rings is 3. The van der Waals surface area contributed by atoms with Crippen LogP contribution in [0.25, 0.3) is 0 Å². The fraction of sp³-hybridized carbons (Fsp3) is 0.250. The highest BCUT2D eigenvalue weighted by Crippen LogP contribution is 2.34. The summed E-state index contributed by atoms with van der Waals surface area (Å²) in [5.41, 5.74) is 3.32. The second kappa shape index (κ2) is 11.0. The average Bonchev–Trinajstić information content (AvgIpc) is 2.74. The molecule has 0 atom stereocenters. The highest BCUT2D eigenvalue weighted by atomic mass is 79.9. The summed E-state index contributed by atoms with van der Waals surface area (Å²) in [5.74, 6) is 1.12. The van der Waals surface area contributed by atoms with Crippen LogP contribution in [-0.4, -0.2) is 13.2 Å². The molecule has 0 saturated heterocycles. The molecule has 0 aromatic heterocycles. The molecule has 152 valence electrons. The average molecular weight is 458 g/mol. The number of halogens is 2. The minimum Gasteiger partial charge on any atom is -0.490 e. The first-order valence-electron chi connectivity index (χ1n) is 9.73. The van der Waals surface area contributed by atoms with Crippen LogP contribution in [0.4, 0.5) is 4.39 Å². The normalized spacial score (nSPS) is 10.7. The molecule has 1 N–H and O–H groups in total. The summed E-state index contributed by atoms with van der Waals surface area (Å²) in [6, 6.07) is 20.7. The topological polar surface area (TPSA) is 30.5 Å². The van der Waals surface area contributed by atoms with Crippen molar-refractivity contribution in [3.63, 3.8) is 0 Å². The molecule has 0 amide bonds. The van der Waals surface area contributed by atoms with Gasteiger partial charge in [0, 0.05) is 11.0 Å². The molecule has 0 radical (unpaired) electrons. The number of hydrogen-bond acceptors (Lipinski definition) is 3. The van der Waals surface area contributed by atoms with E-state index in [4.69, 9.17) is 9.47 Å². The SMILES string of the molecule is CCOc1cc(CNCCc2ccccc2)c(Br)cc1OCc1ccc(F)cc1. The first-order chi connectivity index (χ1) is 14.2. The molecular formula is C24H25BrFNO2. The molecular weight excluding hydrogens is 433 g/mol. The van der Waals surface area contributed by atoms with Crippen molar-refractivity contribution in [2.45, 2.75) is 26.5 Å². The lowest BCUT2D eigenvalue weighted by Gasteiger charge is -2.15. The first-order valence-corrected chi connectivity index (χ1v) is 10.5. The summed E-state index contributed by atoms with van der Waals surface area (Å²) in [7, 11) is 0. The van der Waals surface area contributed by atoms with Crippen molar-refractivity contribution >= 4 is 15.9 Å². The van der Waals surface area contributed by atoms with E-state index in [0.29, 0.717) is 24.7 Å². The quantitative estimate of drug-likeness (QED) is 0.384. The maximum atomic E-state index is 13.1. The summed E-state index contributed by atoms with van der Waals surface area (Å²) >= 11 is 3.64. The summed E-state index contributed by atoms with van der Waals surface area (Å²) in [4.78, 5) is 0. The molecule has 0 bridgehead atoms. The Morgan fingerprint density at radius 1 is 0.897 bits per heavy atom. The summed E-state index contributed by atoms with van der Waals surface area (Å²) in [6.07, 6.45) is 0.982. The highest BCUT2D eigenvalue weighted by Gasteiger charge is 2.11. The van der Waals surface area contributed by atoms with Gasteiger partial charge in [-0.15, -0.1) is 0 Å². The number of nitrogens with one attached hydrogen (secondary N) is 1. The van der Waals surface area contributed by atoms with E-state index >= 15 is 0 Å². The molecule has 29 heavy (non-hydrogen) atoms. The van der Waals surface area contributed by atoms with Gasteiger partial charge >= 0.3 is 0 Å². The lowest BCUT2D eigenvalue weighted by molar-refractivity contribution is 0.268. The van der Waals surface area contributed by atoms with E-state index in [9.17, 15) is 4.39 Å². The Bertz CT molecular complexity index is 901. The van der Waals surface area contributed by atoms with Crippen molar-refractivity contribution in [1.82, 2.24) is 5.32 Å². The molecule has 0 fully saturated rings. The van der Waals surface area contributed by atoms with E-state index in [1.165, 1.54) is 17.7 Å². The van der Waals surface area contributed by atoms with Crippen molar-refractivity contribution in [2.24, 2.45) is 0 Å². The van der Waals surface area contributed by atoms with Gasteiger partial charge in [-0.05, 0) is 60.8 Å². The van der Waals surface area contributed by atoms with Gasteiger partial charge < -0.3 is 14.8 Å². The molecule has 0 aliphatic carbocycles. The predicted molar refractivity (Wildman–Crippen MR) is 118 cm³/mol. The van der Waals surface area contributed by atoms with Crippen LogP contribution < -0.4 is 14.8 Å². The van der Waals surface area contributed by atoms with Crippen molar-refractivity contribution in [2.75, 3.05) is 13.2 Å². The maximum Gasteiger partial charge on any atom is 0.162 e. The summed E-state index contributed by atoms with van der Waals surface area (Å²) in [5, 5.41) is 3.48. The fourth-order valence-electron chi connectivity index (χ4n) is 2.94. The van der Waals surface area contributed by atoms with E-state index in [0.717, 1.165) is 35.1 Å². The third-order valence-corrected chi connectivity index (χ3v) is 5.21. The molecule has 0 aliphatic heterocycles. The number of hydrogen-bond donors (Lipinski definition) is 1. The molecule has 3 rings (SSSR count). The van der Waals surface area contributed by atoms with E-state index in [2.05, 4.69) is 45.5 Å². The predicted octanol–water partition coefficient (Wildman–Crippen LogP) is 5.90. The standard InChI is InChI=1S/C24H25BrFNO2/c1-2-28-23-14-20(16-27-13-12-18-6-4-3-5-7-18)22(25)15-24(23)29-17-19-8-10-21(26)11-9-19/h3-11,14-15,27H,2,12-13,16-17H2,1H3. The van der Waals surface area contributed by atoms with Gasteiger partial charge in [-0.1, -0.05) is 58.4 Å². The molecule has 0 spiro atoms. The number of rotatable bonds is 10. The van der Waals surface area contributed by atoms with Crippen LogP contribution >= 0.6 is 15.9 Å². The largest absolute Gasteiger partial charge is 0.490 e. The molecule has 3 nitrogen and oxygen atoms in total. The summed E-state index contributed by atoms with van der Waals surface area (Å²) < 4.78 is 25.7. The van der Waals surface area contributed by atoms with Gasteiger partial charge in [0.1, 0.15) is 12.4 Å². The zero-order valence-electron chi connectivity index (χ0n) is 16.5. The maximum absolute atomic E-state index is 13.1. The molecule has 3 aromatic carbocycles. The van der Waals surface area contributed by atoms with E-state index in [1.54, 1.807) is 12.1 Å². The van der Waals surface area contributed by atoms with E-state index in [-0.39, 0.29) is 5.82 Å². The fourth-order valence-corrected chi connectivity index (χ4v) is 3.40. The lowest BCUT2D eigenvalue weighted by atomic mass is 10.1. The van der Waals surface area contributed by atoms with Gasteiger partial charge in [-0.25, -0.2) is 4.39 Å².